The molecule has 0 unspecified atom stereocenters. The number of anilines is 1. The van der Waals surface area contributed by atoms with Gasteiger partial charge in [-0.25, -0.2) is 8.42 Å². The molecule has 0 aliphatic carbocycles. The van der Waals surface area contributed by atoms with Crippen molar-refractivity contribution in [2.75, 3.05) is 10.6 Å². The molecule has 5 heteroatoms. The van der Waals surface area contributed by atoms with Crippen molar-refractivity contribution in [2.45, 2.75) is 6.54 Å². The number of halogens is 1. The minimum atomic E-state index is -3.39. The maximum Gasteiger partial charge on any atom is 0.232 e. The van der Waals surface area contributed by atoms with Crippen LogP contribution < -0.4 is 4.31 Å². The number of hydrogen-bond acceptors (Lipinski definition) is 2. The third kappa shape index (κ3) is 3.49. The van der Waals surface area contributed by atoms with Crippen LogP contribution in [0.15, 0.2) is 54.6 Å². The average Bonchev–Trinajstić information content (AvgIpc) is 2.37. The highest BCUT2D eigenvalue weighted by Crippen LogP contribution is 2.28. The van der Waals surface area contributed by atoms with Gasteiger partial charge in [-0.15, -0.1) is 0 Å². The largest absolute Gasteiger partial charge is 0.265 e. The van der Waals surface area contributed by atoms with E-state index < -0.39 is 10.0 Å². The van der Waals surface area contributed by atoms with Gasteiger partial charge in [0, 0.05) is 0 Å². The van der Waals surface area contributed by atoms with E-state index in [1.807, 2.05) is 30.3 Å². The topological polar surface area (TPSA) is 37.4 Å². The van der Waals surface area contributed by atoms with Gasteiger partial charge in [-0.05, 0) is 17.7 Å². The van der Waals surface area contributed by atoms with Crippen LogP contribution in [0.1, 0.15) is 5.56 Å². The summed E-state index contributed by atoms with van der Waals surface area (Å²) in [6.07, 6.45) is 1.18. The Hall–Kier alpha value is -1.52. The molecule has 0 fully saturated rings. The van der Waals surface area contributed by atoms with E-state index in [4.69, 9.17) is 11.6 Å². The number of hydrogen-bond donors (Lipinski definition) is 0. The highest BCUT2D eigenvalue weighted by Gasteiger charge is 2.19. The molecule has 0 radical (unpaired) electrons. The minimum Gasteiger partial charge on any atom is -0.265 e. The lowest BCUT2D eigenvalue weighted by Crippen LogP contribution is -2.29. The fourth-order valence-electron chi connectivity index (χ4n) is 1.78. The summed E-state index contributed by atoms with van der Waals surface area (Å²) < 4.78 is 25.2. The predicted molar refractivity (Wildman–Crippen MR) is 78.9 cm³/mol. The van der Waals surface area contributed by atoms with Gasteiger partial charge in [0.2, 0.25) is 10.0 Å². The molecule has 0 heterocycles. The Kier molecular flexibility index (Phi) is 4.12. The Morgan fingerprint density at radius 2 is 1.58 bits per heavy atom. The lowest BCUT2D eigenvalue weighted by molar-refractivity contribution is 0.596. The summed E-state index contributed by atoms with van der Waals surface area (Å²) in [6.45, 7) is 0.267. The third-order valence-electron chi connectivity index (χ3n) is 2.69. The van der Waals surface area contributed by atoms with Crippen LogP contribution in [-0.4, -0.2) is 14.7 Å². The number of para-hydroxylation sites is 1. The number of nitrogens with zero attached hydrogens (tertiary/aromatic N) is 1. The van der Waals surface area contributed by atoms with Crippen LogP contribution in [0.3, 0.4) is 0 Å². The van der Waals surface area contributed by atoms with Crippen molar-refractivity contribution in [2.24, 2.45) is 0 Å². The van der Waals surface area contributed by atoms with Gasteiger partial charge in [-0.2, -0.15) is 0 Å². The maximum absolute atomic E-state index is 12.0. The summed E-state index contributed by atoms with van der Waals surface area (Å²) in [5, 5.41) is 0.420. The van der Waals surface area contributed by atoms with Crippen molar-refractivity contribution < 1.29 is 8.42 Å². The summed E-state index contributed by atoms with van der Waals surface area (Å²) in [6, 6.07) is 16.3. The molecule has 2 aromatic carbocycles. The second-order valence-electron chi connectivity index (χ2n) is 4.21. The SMILES string of the molecule is CS(=O)(=O)N(Cc1ccccc1)c1ccccc1Cl. The zero-order valence-corrected chi connectivity index (χ0v) is 12.0. The lowest BCUT2D eigenvalue weighted by Gasteiger charge is -2.23. The molecule has 0 saturated heterocycles. The molecule has 0 aliphatic rings. The van der Waals surface area contributed by atoms with Crippen molar-refractivity contribution in [3.63, 3.8) is 0 Å². The normalized spacial score (nSPS) is 11.3. The van der Waals surface area contributed by atoms with Crippen molar-refractivity contribution in [3.8, 4) is 0 Å². The standard InChI is InChI=1S/C14H14ClNO2S/c1-19(17,18)16(11-12-7-3-2-4-8-12)14-10-6-5-9-13(14)15/h2-10H,11H2,1H3. The molecular formula is C14H14ClNO2S. The fraction of sp³-hybridized carbons (Fsp3) is 0.143. The predicted octanol–water partition coefficient (Wildman–Crippen LogP) is 3.31. The molecule has 0 aromatic heterocycles. The van der Waals surface area contributed by atoms with Crippen LogP contribution in [0.2, 0.25) is 5.02 Å². The molecule has 2 rings (SSSR count). The Balaban J connectivity index is 2.41. The van der Waals surface area contributed by atoms with Gasteiger partial charge in [-0.3, -0.25) is 4.31 Å². The van der Waals surface area contributed by atoms with Gasteiger partial charge in [-0.1, -0.05) is 54.1 Å². The van der Waals surface area contributed by atoms with E-state index in [0.29, 0.717) is 10.7 Å². The Labute approximate surface area is 118 Å². The smallest absolute Gasteiger partial charge is 0.232 e. The summed E-state index contributed by atoms with van der Waals surface area (Å²) in [4.78, 5) is 0. The summed E-state index contributed by atoms with van der Waals surface area (Å²) in [5.74, 6) is 0. The second-order valence-corrected chi connectivity index (χ2v) is 6.52. The van der Waals surface area contributed by atoms with E-state index in [-0.39, 0.29) is 6.54 Å². The van der Waals surface area contributed by atoms with Gasteiger partial charge in [0.15, 0.2) is 0 Å². The number of sulfonamides is 1. The first-order chi connectivity index (χ1) is 8.98. The van der Waals surface area contributed by atoms with Crippen molar-refractivity contribution in [1.29, 1.82) is 0 Å². The highest BCUT2D eigenvalue weighted by molar-refractivity contribution is 7.92. The zero-order valence-electron chi connectivity index (χ0n) is 10.5. The summed E-state index contributed by atoms with van der Waals surface area (Å²) >= 11 is 6.09. The van der Waals surface area contributed by atoms with Crippen molar-refractivity contribution >= 4 is 27.3 Å². The van der Waals surface area contributed by atoms with Gasteiger partial charge < -0.3 is 0 Å². The summed E-state index contributed by atoms with van der Waals surface area (Å²) in [5.41, 5.74) is 1.41. The van der Waals surface area contributed by atoms with E-state index in [0.717, 1.165) is 5.56 Å². The first kappa shape index (κ1) is 13.9. The first-order valence-corrected chi connectivity index (χ1v) is 7.97. The molecule has 100 valence electrons. The van der Waals surface area contributed by atoms with Crippen molar-refractivity contribution in [1.82, 2.24) is 0 Å². The fourth-order valence-corrected chi connectivity index (χ4v) is 2.97. The van der Waals surface area contributed by atoms with Crippen LogP contribution in [0.25, 0.3) is 0 Å². The molecule has 0 N–H and O–H groups in total. The quantitative estimate of drug-likeness (QED) is 0.868. The Morgan fingerprint density at radius 3 is 2.16 bits per heavy atom. The van der Waals surface area contributed by atoms with Gasteiger partial charge >= 0.3 is 0 Å². The Bertz CT molecular complexity index is 656. The zero-order chi connectivity index (χ0) is 13.9. The van der Waals surface area contributed by atoms with Gasteiger partial charge in [0.25, 0.3) is 0 Å². The van der Waals surface area contributed by atoms with Crippen LogP contribution in [-0.2, 0) is 16.6 Å². The van der Waals surface area contributed by atoms with Gasteiger partial charge in [0.05, 0.1) is 23.5 Å². The summed E-state index contributed by atoms with van der Waals surface area (Å²) in [7, 11) is -3.39. The number of rotatable bonds is 4. The second kappa shape index (κ2) is 5.63. The molecule has 0 bridgehead atoms. The monoisotopic (exact) mass is 295 g/mol. The van der Waals surface area contributed by atoms with E-state index >= 15 is 0 Å². The van der Waals surface area contributed by atoms with Gasteiger partial charge in [0.1, 0.15) is 0 Å². The Morgan fingerprint density at radius 1 is 1.00 bits per heavy atom. The lowest BCUT2D eigenvalue weighted by atomic mass is 10.2. The minimum absolute atomic E-state index is 0.267. The third-order valence-corrected chi connectivity index (χ3v) is 4.14. The molecular weight excluding hydrogens is 282 g/mol. The first-order valence-electron chi connectivity index (χ1n) is 5.74. The maximum atomic E-state index is 12.0. The molecule has 0 amide bonds. The van der Waals surface area contributed by atoms with Crippen LogP contribution >= 0.6 is 11.6 Å². The molecule has 0 atom stereocenters. The number of benzene rings is 2. The molecule has 2 aromatic rings. The van der Waals surface area contributed by atoms with E-state index in [1.165, 1.54) is 10.6 Å². The molecule has 0 spiro atoms. The molecule has 3 nitrogen and oxygen atoms in total. The van der Waals surface area contributed by atoms with E-state index in [1.54, 1.807) is 24.3 Å². The van der Waals surface area contributed by atoms with Crippen LogP contribution in [0, 0.1) is 0 Å². The highest BCUT2D eigenvalue weighted by atomic mass is 35.5. The van der Waals surface area contributed by atoms with Crippen LogP contribution in [0.5, 0.6) is 0 Å². The molecule has 0 saturated carbocycles. The van der Waals surface area contributed by atoms with Crippen molar-refractivity contribution in [3.05, 3.63) is 65.2 Å². The average molecular weight is 296 g/mol. The van der Waals surface area contributed by atoms with Crippen LogP contribution in [0.4, 0.5) is 5.69 Å². The molecule has 19 heavy (non-hydrogen) atoms. The van der Waals surface area contributed by atoms with E-state index in [9.17, 15) is 8.42 Å². The molecule has 0 aliphatic heterocycles. The van der Waals surface area contributed by atoms with E-state index in [2.05, 4.69) is 0 Å².